The lowest BCUT2D eigenvalue weighted by molar-refractivity contribution is -0.135. The van der Waals surface area contributed by atoms with Gasteiger partial charge < -0.3 is 20.7 Å². The van der Waals surface area contributed by atoms with Crippen molar-refractivity contribution in [3.05, 3.63) is 52.7 Å². The predicted octanol–water partition coefficient (Wildman–Crippen LogP) is 5.36. The molecule has 2 amide bonds. The van der Waals surface area contributed by atoms with Crippen LogP contribution in [0.15, 0.2) is 36.5 Å². The van der Waals surface area contributed by atoms with Crippen LogP contribution < -0.4 is 20.7 Å². The van der Waals surface area contributed by atoms with E-state index in [1.165, 1.54) is 19.3 Å². The molecule has 3 fully saturated rings. The average Bonchev–Trinajstić information content (AvgIpc) is 3.15. The molecular formula is C29H37ClN4O3. The maximum absolute atomic E-state index is 13.4. The van der Waals surface area contributed by atoms with E-state index in [9.17, 15) is 9.59 Å². The van der Waals surface area contributed by atoms with Crippen molar-refractivity contribution in [1.29, 1.82) is 0 Å². The highest BCUT2D eigenvalue weighted by Gasteiger charge is 2.43. The molecule has 37 heavy (non-hydrogen) atoms. The van der Waals surface area contributed by atoms with E-state index < -0.39 is 11.5 Å². The molecule has 2 saturated heterocycles. The van der Waals surface area contributed by atoms with Gasteiger partial charge in [0.05, 0.1) is 5.56 Å². The second-order valence-electron chi connectivity index (χ2n) is 11.3. The molecule has 1 saturated carbocycles. The zero-order valence-electron chi connectivity index (χ0n) is 21.7. The van der Waals surface area contributed by atoms with E-state index in [0.717, 1.165) is 55.7 Å². The minimum atomic E-state index is -1.01. The topological polar surface area (TPSA) is 97.5 Å². The molecule has 3 aliphatic rings. The third-order valence-corrected chi connectivity index (χ3v) is 8.53. The van der Waals surface area contributed by atoms with Gasteiger partial charge in [-0.2, -0.15) is 0 Å². The molecule has 3 heterocycles. The van der Waals surface area contributed by atoms with Crippen LogP contribution in [0, 0.1) is 0 Å². The Labute approximate surface area is 224 Å². The van der Waals surface area contributed by atoms with Gasteiger partial charge in [0.2, 0.25) is 5.91 Å². The Balaban J connectivity index is 1.24. The van der Waals surface area contributed by atoms with Gasteiger partial charge in [0.25, 0.3) is 5.91 Å². The number of anilines is 1. The first kappa shape index (κ1) is 25.8. The summed E-state index contributed by atoms with van der Waals surface area (Å²) in [4.78, 5) is 31.7. The van der Waals surface area contributed by atoms with Gasteiger partial charge in [-0.1, -0.05) is 30.9 Å². The molecule has 2 bridgehead atoms. The van der Waals surface area contributed by atoms with Gasteiger partial charge in [-0.05, 0) is 94.2 Å². The molecule has 7 nitrogen and oxygen atoms in total. The lowest BCUT2D eigenvalue weighted by Crippen LogP contribution is -2.55. The molecule has 5 rings (SSSR count). The molecule has 1 aromatic heterocycles. The van der Waals surface area contributed by atoms with E-state index in [1.54, 1.807) is 12.3 Å². The highest BCUT2D eigenvalue weighted by atomic mass is 35.5. The number of hydrogen-bond acceptors (Lipinski definition) is 5. The van der Waals surface area contributed by atoms with E-state index in [0.29, 0.717) is 28.6 Å². The minimum Gasteiger partial charge on any atom is -0.478 e. The van der Waals surface area contributed by atoms with Crippen LogP contribution in [-0.4, -0.2) is 40.5 Å². The molecular weight excluding hydrogens is 488 g/mol. The third-order valence-electron chi connectivity index (χ3n) is 8.29. The van der Waals surface area contributed by atoms with Crippen molar-refractivity contribution < 1.29 is 14.3 Å². The summed E-state index contributed by atoms with van der Waals surface area (Å²) < 4.78 is 6.41. The number of hydrogen-bond donors (Lipinski definition) is 2. The van der Waals surface area contributed by atoms with Crippen molar-refractivity contribution in [2.75, 3.05) is 4.90 Å². The van der Waals surface area contributed by atoms with Gasteiger partial charge in [-0.25, -0.2) is 4.98 Å². The number of halogens is 1. The maximum Gasteiger partial charge on any atom is 0.263 e. The zero-order chi connectivity index (χ0) is 26.2. The van der Waals surface area contributed by atoms with Gasteiger partial charge in [0.1, 0.15) is 11.6 Å². The van der Waals surface area contributed by atoms with Crippen LogP contribution in [0.1, 0.15) is 93.5 Å². The SMILES string of the molecule is CC(C)(Oc1ccc(Cl)cc1C1CCCCC1)C(=O)N[C@H]1C[C@H]2CC[C@@H](C1)N2c1ccc(C(N)=O)cn1. The summed E-state index contributed by atoms with van der Waals surface area (Å²) in [6.07, 6.45) is 11.3. The Morgan fingerprint density at radius 1 is 1.05 bits per heavy atom. The highest BCUT2D eigenvalue weighted by Crippen LogP contribution is 2.41. The Bertz CT molecular complexity index is 1130. The molecule has 1 aromatic carbocycles. The van der Waals surface area contributed by atoms with Crippen LogP contribution in [-0.2, 0) is 4.79 Å². The van der Waals surface area contributed by atoms with Crippen LogP contribution in [0.25, 0.3) is 0 Å². The number of nitrogens with one attached hydrogen (secondary N) is 1. The van der Waals surface area contributed by atoms with E-state index >= 15 is 0 Å². The number of aromatic nitrogens is 1. The number of carbonyl (C=O) groups excluding carboxylic acids is 2. The Morgan fingerprint density at radius 2 is 1.76 bits per heavy atom. The summed E-state index contributed by atoms with van der Waals surface area (Å²) in [6, 6.07) is 10.1. The van der Waals surface area contributed by atoms with Crippen molar-refractivity contribution in [3.8, 4) is 5.75 Å². The quantitative estimate of drug-likeness (QED) is 0.508. The summed E-state index contributed by atoms with van der Waals surface area (Å²) in [5, 5.41) is 3.99. The summed E-state index contributed by atoms with van der Waals surface area (Å²) in [5.74, 6) is 1.48. The summed E-state index contributed by atoms with van der Waals surface area (Å²) in [6.45, 7) is 3.69. The first-order valence-corrected chi connectivity index (χ1v) is 13.9. The van der Waals surface area contributed by atoms with Gasteiger partial charge in [-0.15, -0.1) is 0 Å². The van der Waals surface area contributed by atoms with Gasteiger partial charge in [0, 0.05) is 29.3 Å². The summed E-state index contributed by atoms with van der Waals surface area (Å²) >= 11 is 6.35. The van der Waals surface area contributed by atoms with Crippen LogP contribution in [0.4, 0.5) is 5.82 Å². The number of rotatable bonds is 7. The fourth-order valence-electron chi connectivity index (χ4n) is 6.38. The molecule has 2 aromatic rings. The van der Waals surface area contributed by atoms with Crippen LogP contribution in [0.2, 0.25) is 5.02 Å². The van der Waals surface area contributed by atoms with E-state index in [1.807, 2.05) is 38.1 Å². The summed E-state index contributed by atoms with van der Waals surface area (Å²) in [7, 11) is 0. The third kappa shape index (κ3) is 5.57. The normalized spacial score (nSPS) is 24.1. The van der Waals surface area contributed by atoms with Crippen LogP contribution >= 0.6 is 11.6 Å². The van der Waals surface area contributed by atoms with E-state index in [2.05, 4.69) is 15.2 Å². The number of piperidine rings is 1. The minimum absolute atomic E-state index is 0.0806. The number of carbonyl (C=O) groups is 2. The number of nitrogens with two attached hydrogens (primary N) is 1. The Hall–Kier alpha value is -2.80. The van der Waals surface area contributed by atoms with Crippen molar-refractivity contribution in [3.63, 3.8) is 0 Å². The zero-order valence-corrected chi connectivity index (χ0v) is 22.5. The number of benzene rings is 1. The number of primary amides is 1. The molecule has 0 spiro atoms. The fraction of sp³-hybridized carbons (Fsp3) is 0.552. The second-order valence-corrected chi connectivity index (χ2v) is 11.8. The molecule has 0 unspecified atom stereocenters. The molecule has 2 aliphatic heterocycles. The Kier molecular flexibility index (Phi) is 7.35. The molecule has 0 radical (unpaired) electrons. The van der Waals surface area contributed by atoms with Gasteiger partial charge in [-0.3, -0.25) is 9.59 Å². The molecule has 3 N–H and O–H groups in total. The number of fused-ring (bicyclic) bond motifs is 2. The predicted molar refractivity (Wildman–Crippen MR) is 145 cm³/mol. The van der Waals surface area contributed by atoms with Crippen molar-refractivity contribution >= 4 is 29.2 Å². The van der Waals surface area contributed by atoms with Crippen molar-refractivity contribution in [2.45, 2.75) is 101 Å². The lowest BCUT2D eigenvalue weighted by Gasteiger charge is -2.41. The smallest absolute Gasteiger partial charge is 0.263 e. The number of pyridine rings is 1. The average molecular weight is 525 g/mol. The largest absolute Gasteiger partial charge is 0.478 e. The fourth-order valence-corrected chi connectivity index (χ4v) is 6.56. The number of amides is 2. The lowest BCUT2D eigenvalue weighted by atomic mass is 9.83. The molecule has 3 atom stereocenters. The first-order valence-electron chi connectivity index (χ1n) is 13.5. The monoisotopic (exact) mass is 524 g/mol. The second kappa shape index (κ2) is 10.5. The van der Waals surface area contributed by atoms with Gasteiger partial charge >= 0.3 is 0 Å². The maximum atomic E-state index is 13.4. The molecule has 1 aliphatic carbocycles. The van der Waals surface area contributed by atoms with Crippen molar-refractivity contribution in [2.24, 2.45) is 5.73 Å². The van der Waals surface area contributed by atoms with Crippen LogP contribution in [0.5, 0.6) is 5.75 Å². The summed E-state index contributed by atoms with van der Waals surface area (Å²) in [5.41, 5.74) is 5.88. The van der Waals surface area contributed by atoms with Gasteiger partial charge in [0.15, 0.2) is 5.60 Å². The first-order chi connectivity index (χ1) is 17.7. The van der Waals surface area contributed by atoms with Crippen LogP contribution in [0.3, 0.4) is 0 Å². The molecule has 198 valence electrons. The Morgan fingerprint density at radius 3 is 2.38 bits per heavy atom. The highest BCUT2D eigenvalue weighted by molar-refractivity contribution is 6.30. The molecule has 8 heteroatoms. The van der Waals surface area contributed by atoms with Crippen molar-refractivity contribution in [1.82, 2.24) is 10.3 Å². The van der Waals surface area contributed by atoms with E-state index in [4.69, 9.17) is 22.1 Å². The number of nitrogens with zero attached hydrogens (tertiary/aromatic N) is 2. The standard InChI is InChI=1S/C29H37ClN4O3/c1-29(2,37-25-12-9-20(30)14-24(25)18-6-4-3-5-7-18)28(36)33-21-15-22-10-11-23(16-21)34(22)26-13-8-19(17-32-26)27(31)35/h8-9,12-14,17-18,21-23H,3-7,10-11,15-16H2,1-2H3,(H2,31,35)(H,33,36)/t21-,22+,23-. The number of ether oxygens (including phenoxy) is 1. The van der Waals surface area contributed by atoms with E-state index in [-0.39, 0.29) is 11.9 Å².